The van der Waals surface area contributed by atoms with E-state index in [4.69, 9.17) is 5.73 Å². The van der Waals surface area contributed by atoms with Gasteiger partial charge in [-0.3, -0.25) is 0 Å². The van der Waals surface area contributed by atoms with Gasteiger partial charge < -0.3 is 10.6 Å². The number of nitrogens with two attached hydrogens (primary N) is 1. The van der Waals surface area contributed by atoms with Crippen molar-refractivity contribution in [3.05, 3.63) is 37.6 Å². The number of anilines is 1. The lowest BCUT2D eigenvalue weighted by molar-refractivity contribution is 0.824. The third-order valence-corrected chi connectivity index (χ3v) is 4.72. The van der Waals surface area contributed by atoms with Gasteiger partial charge in [-0.1, -0.05) is 0 Å². The van der Waals surface area contributed by atoms with Gasteiger partial charge in [-0.05, 0) is 52.4 Å². The highest BCUT2D eigenvalue weighted by Crippen LogP contribution is 2.25. The van der Waals surface area contributed by atoms with Crippen molar-refractivity contribution < 1.29 is 0 Å². The minimum absolute atomic E-state index is 0.481. The summed E-state index contributed by atoms with van der Waals surface area (Å²) >= 11 is 5.17. The van der Waals surface area contributed by atoms with Crippen LogP contribution in [0, 0.1) is 13.8 Å². The molecule has 0 aliphatic heterocycles. The summed E-state index contributed by atoms with van der Waals surface area (Å²) in [5.74, 6) is 0.868. The molecular weight excluding hydrogens is 324 g/mol. The van der Waals surface area contributed by atoms with Crippen LogP contribution in [0.3, 0.4) is 0 Å². The number of rotatable bonds is 4. The van der Waals surface area contributed by atoms with E-state index in [1.807, 2.05) is 20.9 Å². The molecule has 0 radical (unpaired) electrons. The Hall–Kier alpha value is -0.980. The molecule has 0 saturated carbocycles. The van der Waals surface area contributed by atoms with E-state index in [-0.39, 0.29) is 0 Å². The molecule has 2 aromatic rings. The molecule has 0 fully saturated rings. The van der Waals surface area contributed by atoms with Gasteiger partial charge in [-0.15, -0.1) is 16.4 Å². The lowest BCUT2D eigenvalue weighted by Gasteiger charge is -2.21. The first kappa shape index (κ1) is 14.4. The molecule has 6 heteroatoms. The van der Waals surface area contributed by atoms with Gasteiger partial charge in [0.25, 0.3) is 0 Å². The molecule has 0 aliphatic rings. The predicted octanol–water partition coefficient (Wildman–Crippen LogP) is 3.01. The van der Waals surface area contributed by atoms with Crippen molar-refractivity contribution in [3.63, 3.8) is 0 Å². The second-order valence-electron chi connectivity index (χ2n) is 4.53. The van der Waals surface area contributed by atoms with Gasteiger partial charge in [0, 0.05) is 25.7 Å². The molecule has 0 bridgehead atoms. The smallest absolute Gasteiger partial charge is 0.156 e. The van der Waals surface area contributed by atoms with Crippen molar-refractivity contribution in [2.24, 2.45) is 5.73 Å². The first-order valence-corrected chi connectivity index (χ1v) is 7.67. The highest BCUT2D eigenvalue weighted by molar-refractivity contribution is 9.11. The molecule has 2 heterocycles. The third kappa shape index (κ3) is 3.13. The van der Waals surface area contributed by atoms with Crippen LogP contribution < -0.4 is 10.6 Å². The maximum atomic E-state index is 5.86. The fraction of sp³-hybridized carbons (Fsp3) is 0.385. The maximum Gasteiger partial charge on any atom is 0.156 e. The molecule has 2 aromatic heterocycles. The molecule has 2 rings (SSSR count). The van der Waals surface area contributed by atoms with Gasteiger partial charge in [0.2, 0.25) is 0 Å². The quantitative estimate of drug-likeness (QED) is 0.929. The van der Waals surface area contributed by atoms with E-state index < -0.39 is 0 Å². The summed E-state index contributed by atoms with van der Waals surface area (Å²) in [6.07, 6.45) is 0. The summed E-state index contributed by atoms with van der Waals surface area (Å²) in [4.78, 5) is 2.09. The number of hydrogen-bond acceptors (Lipinski definition) is 5. The van der Waals surface area contributed by atoms with Gasteiger partial charge in [0.05, 0.1) is 9.48 Å². The molecule has 4 nitrogen and oxygen atoms in total. The molecule has 0 amide bonds. The van der Waals surface area contributed by atoms with E-state index in [0.717, 1.165) is 33.0 Å². The van der Waals surface area contributed by atoms with E-state index in [1.54, 1.807) is 11.3 Å². The van der Waals surface area contributed by atoms with E-state index >= 15 is 0 Å². The lowest BCUT2D eigenvalue weighted by atomic mass is 10.1. The molecule has 19 heavy (non-hydrogen) atoms. The second-order valence-corrected chi connectivity index (χ2v) is 6.82. The highest BCUT2D eigenvalue weighted by Gasteiger charge is 2.14. The largest absolute Gasteiger partial charge is 0.354 e. The fourth-order valence-electron chi connectivity index (χ4n) is 1.97. The normalized spacial score (nSPS) is 10.8. The Kier molecular flexibility index (Phi) is 4.54. The Morgan fingerprint density at radius 3 is 2.68 bits per heavy atom. The number of hydrogen-bond donors (Lipinski definition) is 1. The monoisotopic (exact) mass is 340 g/mol. The Bertz CT molecular complexity index is 582. The van der Waals surface area contributed by atoms with Crippen LogP contribution in [0.5, 0.6) is 0 Å². The molecule has 0 aliphatic carbocycles. The first-order chi connectivity index (χ1) is 9.02. The topological polar surface area (TPSA) is 55.0 Å². The number of aromatic nitrogens is 2. The summed E-state index contributed by atoms with van der Waals surface area (Å²) in [6, 6.07) is 2.12. The fourth-order valence-corrected chi connectivity index (χ4v) is 3.17. The number of thiophene rings is 1. The summed E-state index contributed by atoms with van der Waals surface area (Å²) in [7, 11) is 2.02. The minimum atomic E-state index is 0.481. The zero-order valence-electron chi connectivity index (χ0n) is 11.3. The highest BCUT2D eigenvalue weighted by atomic mass is 79.9. The van der Waals surface area contributed by atoms with E-state index in [9.17, 15) is 0 Å². The van der Waals surface area contributed by atoms with Gasteiger partial charge in [-0.2, -0.15) is 5.10 Å². The summed E-state index contributed by atoms with van der Waals surface area (Å²) in [6.45, 7) is 5.29. The van der Waals surface area contributed by atoms with Gasteiger partial charge in [0.15, 0.2) is 5.82 Å². The van der Waals surface area contributed by atoms with Crippen LogP contribution in [-0.2, 0) is 13.1 Å². The number of nitrogens with zero attached hydrogens (tertiary/aromatic N) is 3. The number of halogens is 1. The first-order valence-electron chi connectivity index (χ1n) is 5.99. The van der Waals surface area contributed by atoms with Crippen LogP contribution in [0.2, 0.25) is 0 Å². The average molecular weight is 341 g/mol. The predicted molar refractivity (Wildman–Crippen MR) is 83.5 cm³/mol. The van der Waals surface area contributed by atoms with E-state index in [1.165, 1.54) is 5.56 Å². The minimum Gasteiger partial charge on any atom is -0.354 e. The molecule has 0 aromatic carbocycles. The van der Waals surface area contributed by atoms with E-state index in [0.29, 0.717) is 6.54 Å². The average Bonchev–Trinajstić information content (AvgIpc) is 2.77. The van der Waals surface area contributed by atoms with E-state index in [2.05, 4.69) is 42.5 Å². The number of aryl methyl sites for hydroxylation is 1. The Labute approximate surface area is 125 Å². The molecule has 0 unspecified atom stereocenters. The third-order valence-electron chi connectivity index (χ3n) is 3.17. The molecule has 0 spiro atoms. The van der Waals surface area contributed by atoms with Crippen molar-refractivity contribution in [3.8, 4) is 0 Å². The molecular formula is C13H17BrN4S. The summed E-state index contributed by atoms with van der Waals surface area (Å²) in [5, 5.41) is 10.6. The van der Waals surface area contributed by atoms with Crippen LogP contribution in [-0.4, -0.2) is 17.2 Å². The van der Waals surface area contributed by atoms with Crippen LogP contribution >= 0.6 is 27.3 Å². The van der Waals surface area contributed by atoms with Crippen LogP contribution in [0.1, 0.15) is 22.4 Å². The van der Waals surface area contributed by atoms with Crippen molar-refractivity contribution in [1.29, 1.82) is 0 Å². The zero-order valence-corrected chi connectivity index (χ0v) is 13.7. The lowest BCUT2D eigenvalue weighted by Crippen LogP contribution is -2.22. The van der Waals surface area contributed by atoms with Gasteiger partial charge in [0.1, 0.15) is 0 Å². The zero-order chi connectivity index (χ0) is 14.0. The molecule has 102 valence electrons. The van der Waals surface area contributed by atoms with Crippen molar-refractivity contribution in [2.75, 3.05) is 11.9 Å². The van der Waals surface area contributed by atoms with Gasteiger partial charge >= 0.3 is 0 Å². The molecule has 2 N–H and O–H groups in total. The summed E-state index contributed by atoms with van der Waals surface area (Å²) in [5.41, 5.74) is 10.3. The second kappa shape index (κ2) is 5.98. The summed E-state index contributed by atoms with van der Waals surface area (Å²) < 4.78 is 1.14. The van der Waals surface area contributed by atoms with Crippen LogP contribution in [0.15, 0.2) is 15.2 Å². The van der Waals surface area contributed by atoms with Crippen molar-refractivity contribution >= 4 is 33.1 Å². The maximum absolute atomic E-state index is 5.86. The Morgan fingerprint density at radius 1 is 1.37 bits per heavy atom. The molecule has 0 saturated heterocycles. The standard InChI is InChI=1S/C13H17BrN4S/c1-8-9(2)16-17-13(11(8)5-15)18(3)6-10-4-12(14)19-7-10/h4,7H,5-6,15H2,1-3H3. The van der Waals surface area contributed by atoms with Crippen LogP contribution in [0.4, 0.5) is 5.82 Å². The van der Waals surface area contributed by atoms with Gasteiger partial charge in [-0.25, -0.2) is 0 Å². The van der Waals surface area contributed by atoms with Crippen molar-refractivity contribution in [2.45, 2.75) is 26.9 Å². The molecule has 0 atom stereocenters. The van der Waals surface area contributed by atoms with Crippen LogP contribution in [0.25, 0.3) is 0 Å². The van der Waals surface area contributed by atoms with Crippen molar-refractivity contribution in [1.82, 2.24) is 10.2 Å². The Morgan fingerprint density at radius 2 is 2.11 bits per heavy atom. The SMILES string of the molecule is Cc1nnc(N(C)Cc2csc(Br)c2)c(CN)c1C. The Balaban J connectivity index is 2.28.